The number of nitrogens with zero attached hydrogens (tertiary/aromatic N) is 1. The predicted molar refractivity (Wildman–Crippen MR) is 106 cm³/mol. The number of rotatable bonds is 5. The molecule has 6 nitrogen and oxygen atoms in total. The molecule has 1 saturated heterocycles. The first kappa shape index (κ1) is 19.1. The summed E-state index contributed by atoms with van der Waals surface area (Å²) in [6.45, 7) is 4.59. The highest BCUT2D eigenvalue weighted by molar-refractivity contribution is 7.18. The monoisotopic (exact) mass is 386 g/mol. The Kier molecular flexibility index (Phi) is 5.91. The van der Waals surface area contributed by atoms with Gasteiger partial charge in [-0.1, -0.05) is 0 Å². The van der Waals surface area contributed by atoms with Crippen LogP contribution in [0.2, 0.25) is 0 Å². The summed E-state index contributed by atoms with van der Waals surface area (Å²) in [5, 5.41) is 3.41. The van der Waals surface area contributed by atoms with Gasteiger partial charge >= 0.3 is 5.97 Å². The van der Waals surface area contributed by atoms with Gasteiger partial charge in [0, 0.05) is 24.2 Å². The van der Waals surface area contributed by atoms with Gasteiger partial charge in [0.15, 0.2) is 0 Å². The van der Waals surface area contributed by atoms with Crippen LogP contribution in [0.15, 0.2) is 30.3 Å². The number of nitrogens with one attached hydrogen (secondary N) is 1. The number of esters is 1. The van der Waals surface area contributed by atoms with E-state index in [1.807, 2.05) is 6.92 Å². The van der Waals surface area contributed by atoms with E-state index in [1.165, 1.54) is 11.3 Å². The molecule has 1 aliphatic heterocycles. The van der Waals surface area contributed by atoms with Crippen molar-refractivity contribution in [1.82, 2.24) is 0 Å². The number of amides is 2. The molecule has 0 atom stereocenters. The fourth-order valence-electron chi connectivity index (χ4n) is 3.00. The molecule has 0 unspecified atom stereocenters. The average molecular weight is 386 g/mol. The molecule has 1 N–H and O–H groups in total. The summed E-state index contributed by atoms with van der Waals surface area (Å²) in [5.41, 5.74) is 2.08. The normalized spacial score (nSPS) is 14.1. The number of piperidine rings is 1. The predicted octanol–water partition coefficient (Wildman–Crippen LogP) is 4.00. The van der Waals surface area contributed by atoms with E-state index in [9.17, 15) is 14.4 Å². The number of aryl methyl sites for hydroxylation is 1. The zero-order chi connectivity index (χ0) is 19.4. The van der Waals surface area contributed by atoms with Gasteiger partial charge in [0.1, 0.15) is 4.88 Å². The molecule has 0 bridgehead atoms. The van der Waals surface area contributed by atoms with E-state index in [-0.39, 0.29) is 17.8 Å². The summed E-state index contributed by atoms with van der Waals surface area (Å²) in [5.74, 6) is -0.516. The Hall–Kier alpha value is -2.67. The van der Waals surface area contributed by atoms with Crippen LogP contribution >= 0.6 is 11.3 Å². The smallest absolute Gasteiger partial charge is 0.348 e. The molecular weight excluding hydrogens is 364 g/mol. The minimum Gasteiger partial charge on any atom is -0.462 e. The zero-order valence-electron chi connectivity index (χ0n) is 15.4. The van der Waals surface area contributed by atoms with Gasteiger partial charge in [-0.25, -0.2) is 4.79 Å². The van der Waals surface area contributed by atoms with Gasteiger partial charge < -0.3 is 15.0 Å². The molecule has 0 aliphatic carbocycles. The van der Waals surface area contributed by atoms with E-state index >= 15 is 0 Å². The number of thiophene rings is 1. The molecular formula is C20H22N2O4S. The van der Waals surface area contributed by atoms with E-state index in [1.54, 1.807) is 42.2 Å². The Morgan fingerprint density at radius 3 is 2.63 bits per heavy atom. The minimum atomic E-state index is -0.379. The molecule has 0 radical (unpaired) electrons. The minimum absolute atomic E-state index is 0.124. The lowest BCUT2D eigenvalue weighted by Crippen LogP contribution is -2.35. The molecule has 1 fully saturated rings. The van der Waals surface area contributed by atoms with Crippen molar-refractivity contribution in [3.63, 3.8) is 0 Å². The maximum atomic E-state index is 12.5. The Morgan fingerprint density at radius 2 is 1.96 bits per heavy atom. The van der Waals surface area contributed by atoms with Crippen LogP contribution in [0.4, 0.5) is 10.7 Å². The molecule has 3 rings (SSSR count). The second kappa shape index (κ2) is 8.35. The maximum Gasteiger partial charge on any atom is 0.348 e. The highest BCUT2D eigenvalue weighted by Crippen LogP contribution is 2.28. The maximum absolute atomic E-state index is 12.5. The molecule has 0 saturated carbocycles. The highest BCUT2D eigenvalue weighted by atomic mass is 32.1. The van der Waals surface area contributed by atoms with E-state index in [4.69, 9.17) is 4.74 Å². The van der Waals surface area contributed by atoms with E-state index < -0.39 is 0 Å². The lowest BCUT2D eigenvalue weighted by Gasteiger charge is -2.26. The largest absolute Gasteiger partial charge is 0.462 e. The van der Waals surface area contributed by atoms with Gasteiger partial charge in [-0.2, -0.15) is 0 Å². The number of carbonyl (C=O) groups is 3. The summed E-state index contributed by atoms with van der Waals surface area (Å²) in [7, 11) is 0. The second-order valence-corrected chi connectivity index (χ2v) is 7.40. The van der Waals surface area contributed by atoms with Crippen LogP contribution in [0, 0.1) is 6.92 Å². The van der Waals surface area contributed by atoms with Gasteiger partial charge in [0.25, 0.3) is 5.91 Å². The number of benzene rings is 1. The SMILES string of the molecule is CCOC(=O)c1sc(NC(=O)c2ccc(N3CCCCC3=O)cc2)cc1C. The average Bonchev–Trinajstić information content (AvgIpc) is 3.03. The summed E-state index contributed by atoms with van der Waals surface area (Å²) in [6.07, 6.45) is 2.50. The fourth-order valence-corrected chi connectivity index (χ4v) is 3.96. The number of anilines is 2. The Bertz CT molecular complexity index is 857. The van der Waals surface area contributed by atoms with Crippen LogP contribution in [0.1, 0.15) is 51.8 Å². The molecule has 2 aromatic rings. The summed E-state index contributed by atoms with van der Waals surface area (Å²) < 4.78 is 5.02. The van der Waals surface area contributed by atoms with Crippen molar-refractivity contribution in [2.24, 2.45) is 0 Å². The molecule has 1 aliphatic rings. The van der Waals surface area contributed by atoms with Crippen LogP contribution < -0.4 is 10.2 Å². The van der Waals surface area contributed by atoms with Crippen LogP contribution in [0.3, 0.4) is 0 Å². The third-order valence-electron chi connectivity index (χ3n) is 4.38. The molecule has 1 aromatic carbocycles. The number of ether oxygens (including phenoxy) is 1. The number of carbonyl (C=O) groups excluding carboxylic acids is 3. The number of hydrogen-bond donors (Lipinski definition) is 1. The van der Waals surface area contributed by atoms with Gasteiger partial charge in [-0.15, -0.1) is 11.3 Å². The number of hydrogen-bond acceptors (Lipinski definition) is 5. The van der Waals surface area contributed by atoms with Crippen LogP contribution in [-0.4, -0.2) is 30.9 Å². The standard InChI is InChI=1S/C20H22N2O4S/c1-3-26-20(25)18-13(2)12-16(27-18)21-19(24)14-7-9-15(10-8-14)22-11-5-4-6-17(22)23/h7-10,12H,3-6,11H2,1-2H3,(H,21,24). The fraction of sp³-hybridized carbons (Fsp3) is 0.350. The zero-order valence-corrected chi connectivity index (χ0v) is 16.2. The van der Waals surface area contributed by atoms with Gasteiger partial charge in [-0.05, 0) is 62.6 Å². The van der Waals surface area contributed by atoms with E-state index in [2.05, 4.69) is 5.32 Å². The van der Waals surface area contributed by atoms with E-state index in [0.29, 0.717) is 28.5 Å². The lowest BCUT2D eigenvalue weighted by atomic mass is 10.1. The van der Waals surface area contributed by atoms with Crippen LogP contribution in [0.5, 0.6) is 0 Å². The molecule has 27 heavy (non-hydrogen) atoms. The molecule has 2 heterocycles. The molecule has 0 spiro atoms. The van der Waals surface area contributed by atoms with Crippen molar-refractivity contribution < 1.29 is 19.1 Å². The third-order valence-corrected chi connectivity index (χ3v) is 5.51. The second-order valence-electron chi connectivity index (χ2n) is 6.35. The highest BCUT2D eigenvalue weighted by Gasteiger charge is 2.20. The lowest BCUT2D eigenvalue weighted by molar-refractivity contribution is -0.119. The summed E-state index contributed by atoms with van der Waals surface area (Å²) in [6, 6.07) is 8.76. The Balaban J connectivity index is 1.69. The first-order valence-corrected chi connectivity index (χ1v) is 9.80. The van der Waals surface area contributed by atoms with Crippen LogP contribution in [0.25, 0.3) is 0 Å². The Labute approximate surface area is 162 Å². The summed E-state index contributed by atoms with van der Waals surface area (Å²) >= 11 is 1.20. The van der Waals surface area contributed by atoms with Gasteiger partial charge in [0.05, 0.1) is 11.6 Å². The molecule has 7 heteroatoms. The molecule has 142 valence electrons. The van der Waals surface area contributed by atoms with Gasteiger partial charge in [-0.3, -0.25) is 9.59 Å². The van der Waals surface area contributed by atoms with Gasteiger partial charge in [0.2, 0.25) is 5.91 Å². The van der Waals surface area contributed by atoms with Crippen molar-refractivity contribution >= 4 is 39.8 Å². The van der Waals surface area contributed by atoms with Crippen molar-refractivity contribution in [2.45, 2.75) is 33.1 Å². The summed E-state index contributed by atoms with van der Waals surface area (Å²) in [4.78, 5) is 38.6. The van der Waals surface area contributed by atoms with Crippen molar-refractivity contribution in [2.75, 3.05) is 23.4 Å². The third kappa shape index (κ3) is 4.36. The Morgan fingerprint density at radius 1 is 1.22 bits per heavy atom. The van der Waals surface area contributed by atoms with Crippen molar-refractivity contribution in [3.8, 4) is 0 Å². The van der Waals surface area contributed by atoms with Crippen LogP contribution in [-0.2, 0) is 9.53 Å². The first-order valence-electron chi connectivity index (χ1n) is 8.99. The van der Waals surface area contributed by atoms with E-state index in [0.717, 1.165) is 30.6 Å². The van der Waals surface area contributed by atoms with Crippen molar-refractivity contribution in [3.05, 3.63) is 46.3 Å². The first-order chi connectivity index (χ1) is 13.0. The topological polar surface area (TPSA) is 75.7 Å². The van der Waals surface area contributed by atoms with Crippen molar-refractivity contribution in [1.29, 1.82) is 0 Å². The quantitative estimate of drug-likeness (QED) is 0.788. The molecule has 1 aromatic heterocycles. The molecule has 2 amide bonds.